The molecule has 7 nitrogen and oxygen atoms in total. The minimum atomic E-state index is -0.473. The highest BCUT2D eigenvalue weighted by atomic mass is 32.1. The largest absolute Gasteiger partial charge is 0.354 e. The maximum absolute atomic E-state index is 13.7. The van der Waals surface area contributed by atoms with E-state index >= 15 is 0 Å². The van der Waals surface area contributed by atoms with Crippen LogP contribution in [0.4, 0.5) is 0 Å². The number of nitrogens with two attached hydrogens (primary N) is 1. The van der Waals surface area contributed by atoms with Gasteiger partial charge in [-0.25, -0.2) is 0 Å². The van der Waals surface area contributed by atoms with Crippen molar-refractivity contribution in [2.24, 2.45) is 17.6 Å². The Morgan fingerprint density at radius 2 is 1.84 bits per heavy atom. The number of piperidine rings is 1. The molecule has 3 N–H and O–H groups in total. The summed E-state index contributed by atoms with van der Waals surface area (Å²) in [6.45, 7) is 2.76. The van der Waals surface area contributed by atoms with E-state index in [0.717, 1.165) is 25.8 Å². The fourth-order valence-electron chi connectivity index (χ4n) is 6.30. The van der Waals surface area contributed by atoms with E-state index in [0.29, 0.717) is 54.4 Å². The van der Waals surface area contributed by atoms with Crippen LogP contribution in [0.15, 0.2) is 41.8 Å². The Hall–Kier alpha value is -2.73. The molecule has 38 heavy (non-hydrogen) atoms. The minimum absolute atomic E-state index is 0.0244. The van der Waals surface area contributed by atoms with Gasteiger partial charge in [0.1, 0.15) is 6.04 Å². The molecule has 2 aliphatic carbocycles. The summed E-state index contributed by atoms with van der Waals surface area (Å²) in [5.74, 6) is 0.950. The SMILES string of the molecule is N#Cc1ccc(CN(C2CC2)C2CCN(C(=O)c3cccs3)[C@@H](C(=O)NCC3CCCC(CN)C3)C2)cc1. The Bertz CT molecular complexity index is 1120. The fraction of sp³-hybridized carbons (Fsp3) is 0.567. The van der Waals surface area contributed by atoms with Gasteiger partial charge in [-0.3, -0.25) is 14.5 Å². The Kier molecular flexibility index (Phi) is 8.78. The molecule has 5 rings (SSSR count). The highest BCUT2D eigenvalue weighted by Gasteiger charge is 2.42. The number of likely N-dealkylation sites (tertiary alicyclic amines) is 1. The van der Waals surface area contributed by atoms with Crippen LogP contribution in [0, 0.1) is 23.2 Å². The highest BCUT2D eigenvalue weighted by molar-refractivity contribution is 7.12. The van der Waals surface area contributed by atoms with Crippen molar-refractivity contribution in [3.8, 4) is 6.07 Å². The van der Waals surface area contributed by atoms with Gasteiger partial charge in [0.25, 0.3) is 5.91 Å². The number of benzene rings is 1. The molecule has 2 amide bonds. The van der Waals surface area contributed by atoms with Crippen molar-refractivity contribution < 1.29 is 9.59 Å². The molecule has 1 aliphatic heterocycles. The number of rotatable bonds is 9. The quantitative estimate of drug-likeness (QED) is 0.504. The lowest BCUT2D eigenvalue weighted by Gasteiger charge is -2.43. The van der Waals surface area contributed by atoms with Gasteiger partial charge < -0.3 is 16.0 Å². The number of carbonyl (C=O) groups is 2. The summed E-state index contributed by atoms with van der Waals surface area (Å²) >= 11 is 1.44. The molecule has 8 heteroatoms. The predicted octanol–water partition coefficient (Wildman–Crippen LogP) is 4.14. The molecule has 0 bridgehead atoms. The number of hydrogen-bond donors (Lipinski definition) is 2. The van der Waals surface area contributed by atoms with Gasteiger partial charge in [-0.1, -0.05) is 24.6 Å². The first-order valence-electron chi connectivity index (χ1n) is 14.1. The summed E-state index contributed by atoms with van der Waals surface area (Å²) in [7, 11) is 0. The number of carbonyl (C=O) groups excluding carboxylic acids is 2. The summed E-state index contributed by atoms with van der Waals surface area (Å²) < 4.78 is 0. The second-order valence-corrected chi connectivity index (χ2v) is 12.2. The van der Waals surface area contributed by atoms with Crippen LogP contribution < -0.4 is 11.1 Å². The highest BCUT2D eigenvalue weighted by Crippen LogP contribution is 2.35. The third kappa shape index (κ3) is 6.45. The van der Waals surface area contributed by atoms with Gasteiger partial charge in [0, 0.05) is 31.7 Å². The second-order valence-electron chi connectivity index (χ2n) is 11.3. The van der Waals surface area contributed by atoms with E-state index in [1.807, 2.05) is 46.7 Å². The fourth-order valence-corrected chi connectivity index (χ4v) is 6.98. The zero-order chi connectivity index (χ0) is 26.5. The van der Waals surface area contributed by atoms with Gasteiger partial charge in [-0.15, -0.1) is 11.3 Å². The minimum Gasteiger partial charge on any atom is -0.354 e. The smallest absolute Gasteiger partial charge is 0.264 e. The standard InChI is InChI=1S/C30H39N5O2S/c31-17-21-6-8-22(9-7-21)20-35(25-10-11-25)26-12-13-34(30(37)28-5-2-14-38-28)27(16-26)29(36)33-19-24-4-1-3-23(15-24)18-32/h2,5-9,14,23-27H,1,3-4,10-13,15-16,18-20,32H2,(H,33,36)/t23?,24?,26?,27-/m1/s1. The summed E-state index contributed by atoms with van der Waals surface area (Å²) in [6.07, 6.45) is 8.40. The molecule has 0 spiro atoms. The topological polar surface area (TPSA) is 102 Å². The van der Waals surface area contributed by atoms with Crippen LogP contribution in [0.1, 0.15) is 72.2 Å². The van der Waals surface area contributed by atoms with Gasteiger partial charge in [-0.2, -0.15) is 5.26 Å². The maximum atomic E-state index is 13.7. The molecule has 4 atom stereocenters. The third-order valence-electron chi connectivity index (χ3n) is 8.59. The summed E-state index contributed by atoms with van der Waals surface area (Å²) in [6, 6.07) is 14.0. The van der Waals surface area contributed by atoms with Crippen molar-refractivity contribution >= 4 is 23.2 Å². The molecule has 3 fully saturated rings. The van der Waals surface area contributed by atoms with Gasteiger partial charge in [-0.05, 0) is 92.5 Å². The Balaban J connectivity index is 1.30. The summed E-state index contributed by atoms with van der Waals surface area (Å²) in [5.41, 5.74) is 7.78. The van der Waals surface area contributed by atoms with Gasteiger partial charge >= 0.3 is 0 Å². The Morgan fingerprint density at radius 3 is 2.53 bits per heavy atom. The molecule has 2 heterocycles. The van der Waals surface area contributed by atoms with Crippen LogP contribution in [-0.2, 0) is 11.3 Å². The Morgan fingerprint density at radius 1 is 1.05 bits per heavy atom. The number of nitriles is 1. The molecule has 1 saturated heterocycles. The van der Waals surface area contributed by atoms with Crippen LogP contribution in [0.2, 0.25) is 0 Å². The number of hydrogen-bond acceptors (Lipinski definition) is 6. The van der Waals surface area contributed by atoms with E-state index in [1.54, 1.807) is 0 Å². The summed E-state index contributed by atoms with van der Waals surface area (Å²) in [5, 5.41) is 14.3. The van der Waals surface area contributed by atoms with E-state index in [9.17, 15) is 9.59 Å². The van der Waals surface area contributed by atoms with Crippen molar-refractivity contribution in [2.45, 2.75) is 76.0 Å². The predicted molar refractivity (Wildman–Crippen MR) is 149 cm³/mol. The van der Waals surface area contributed by atoms with Gasteiger partial charge in [0.2, 0.25) is 5.91 Å². The average Bonchev–Trinajstić information content (AvgIpc) is 3.66. The van der Waals surface area contributed by atoms with Crippen molar-refractivity contribution in [2.75, 3.05) is 19.6 Å². The number of thiophene rings is 1. The van der Waals surface area contributed by atoms with Gasteiger partial charge in [0.15, 0.2) is 0 Å². The van der Waals surface area contributed by atoms with Crippen molar-refractivity contribution in [1.29, 1.82) is 5.26 Å². The lowest BCUT2D eigenvalue weighted by atomic mass is 9.81. The monoisotopic (exact) mass is 533 g/mol. The molecular weight excluding hydrogens is 494 g/mol. The number of amides is 2. The van der Waals surface area contributed by atoms with Crippen LogP contribution in [0.25, 0.3) is 0 Å². The van der Waals surface area contributed by atoms with Crippen LogP contribution in [0.3, 0.4) is 0 Å². The summed E-state index contributed by atoms with van der Waals surface area (Å²) in [4.78, 5) is 32.2. The Labute approximate surface area is 230 Å². The number of nitrogens with one attached hydrogen (secondary N) is 1. The molecular formula is C30H39N5O2S. The van der Waals surface area contributed by atoms with Crippen molar-refractivity contribution in [3.63, 3.8) is 0 Å². The molecule has 202 valence electrons. The lowest BCUT2D eigenvalue weighted by Crippen LogP contribution is -2.57. The van der Waals surface area contributed by atoms with Crippen molar-refractivity contribution in [3.05, 3.63) is 57.8 Å². The molecule has 0 radical (unpaired) electrons. The van der Waals surface area contributed by atoms with Gasteiger partial charge in [0.05, 0.1) is 16.5 Å². The lowest BCUT2D eigenvalue weighted by molar-refractivity contribution is -0.128. The van der Waals surface area contributed by atoms with E-state index < -0.39 is 6.04 Å². The normalized spacial score (nSPS) is 25.7. The van der Waals surface area contributed by atoms with E-state index in [2.05, 4.69) is 16.3 Å². The third-order valence-corrected chi connectivity index (χ3v) is 9.45. The molecule has 3 unspecified atom stereocenters. The van der Waals surface area contributed by atoms with Crippen LogP contribution in [-0.4, -0.2) is 59.4 Å². The first kappa shape index (κ1) is 26.9. The molecule has 3 aliphatic rings. The molecule has 1 aromatic heterocycles. The van der Waals surface area contributed by atoms with E-state index in [-0.39, 0.29) is 17.9 Å². The first-order valence-corrected chi connectivity index (χ1v) is 15.0. The van der Waals surface area contributed by atoms with Crippen LogP contribution >= 0.6 is 11.3 Å². The average molecular weight is 534 g/mol. The van der Waals surface area contributed by atoms with Crippen molar-refractivity contribution in [1.82, 2.24) is 15.1 Å². The second kappa shape index (κ2) is 12.4. The maximum Gasteiger partial charge on any atom is 0.264 e. The zero-order valence-corrected chi connectivity index (χ0v) is 22.9. The first-order chi connectivity index (χ1) is 18.6. The number of nitrogens with zero attached hydrogens (tertiary/aromatic N) is 3. The van der Waals surface area contributed by atoms with Crippen LogP contribution in [0.5, 0.6) is 0 Å². The molecule has 2 aromatic rings. The zero-order valence-electron chi connectivity index (χ0n) is 22.1. The molecule has 2 saturated carbocycles. The van der Waals surface area contributed by atoms with E-state index in [1.165, 1.54) is 42.6 Å². The van der Waals surface area contributed by atoms with E-state index in [4.69, 9.17) is 11.0 Å². The molecule has 1 aromatic carbocycles.